The molecule has 0 aliphatic carbocycles. The van der Waals surface area contributed by atoms with Gasteiger partial charge in [0.05, 0.1) is 24.8 Å². The molecule has 0 saturated carbocycles. The molecule has 2 aliphatic rings. The number of rotatable bonds is 2. The van der Waals surface area contributed by atoms with E-state index in [4.69, 9.17) is 0 Å². The third kappa shape index (κ3) is 3.12. The lowest BCUT2D eigenvalue weighted by molar-refractivity contribution is -0.134. The SMILES string of the molecule is O=C([C@@H]1CC(F)(F)CN1)N1CCc2c(nc(-c3ccccc3)[nH]c2=O)C1. The Morgan fingerprint density at radius 1 is 1.27 bits per heavy atom. The first-order valence-electron chi connectivity index (χ1n) is 8.50. The van der Waals surface area contributed by atoms with Crippen LogP contribution in [0, 0.1) is 0 Å². The molecule has 1 amide bonds. The molecule has 0 unspecified atom stereocenters. The van der Waals surface area contributed by atoms with Crippen molar-refractivity contribution in [2.75, 3.05) is 13.1 Å². The molecule has 0 radical (unpaired) electrons. The van der Waals surface area contributed by atoms with Gasteiger partial charge in [0, 0.05) is 24.1 Å². The fourth-order valence-corrected chi connectivity index (χ4v) is 3.47. The average Bonchev–Trinajstić information content (AvgIpc) is 3.01. The number of halogens is 2. The van der Waals surface area contributed by atoms with E-state index in [1.165, 1.54) is 4.90 Å². The molecule has 26 heavy (non-hydrogen) atoms. The van der Waals surface area contributed by atoms with Crippen LogP contribution >= 0.6 is 0 Å². The Hall–Kier alpha value is -2.61. The zero-order chi connectivity index (χ0) is 18.3. The van der Waals surface area contributed by atoms with E-state index in [1.54, 1.807) is 0 Å². The molecule has 6 nitrogen and oxygen atoms in total. The monoisotopic (exact) mass is 360 g/mol. The molecule has 1 fully saturated rings. The number of nitrogens with zero attached hydrogens (tertiary/aromatic N) is 2. The number of benzene rings is 1. The maximum Gasteiger partial charge on any atom is 0.262 e. The summed E-state index contributed by atoms with van der Waals surface area (Å²) in [6, 6.07) is 8.34. The molecule has 8 heteroatoms. The average molecular weight is 360 g/mol. The van der Waals surface area contributed by atoms with Crippen LogP contribution < -0.4 is 10.9 Å². The molecule has 136 valence electrons. The Balaban J connectivity index is 1.59. The Bertz CT molecular complexity index is 898. The zero-order valence-corrected chi connectivity index (χ0v) is 14.0. The number of alkyl halides is 2. The van der Waals surface area contributed by atoms with E-state index in [0.29, 0.717) is 30.0 Å². The Morgan fingerprint density at radius 2 is 2.04 bits per heavy atom. The number of H-pyrrole nitrogens is 1. The van der Waals surface area contributed by atoms with Crippen LogP contribution in [0.1, 0.15) is 17.7 Å². The molecule has 1 saturated heterocycles. The summed E-state index contributed by atoms with van der Waals surface area (Å²) in [5.41, 5.74) is 1.63. The Morgan fingerprint density at radius 3 is 2.73 bits per heavy atom. The summed E-state index contributed by atoms with van der Waals surface area (Å²) in [5, 5.41) is 2.59. The smallest absolute Gasteiger partial charge is 0.262 e. The summed E-state index contributed by atoms with van der Waals surface area (Å²) in [6.45, 7) is -0.00337. The summed E-state index contributed by atoms with van der Waals surface area (Å²) in [4.78, 5) is 33.7. The van der Waals surface area contributed by atoms with Crippen LogP contribution in [0.25, 0.3) is 11.4 Å². The van der Waals surface area contributed by atoms with E-state index in [1.807, 2.05) is 30.3 Å². The fraction of sp³-hybridized carbons (Fsp3) is 0.389. The quantitative estimate of drug-likeness (QED) is 0.847. The van der Waals surface area contributed by atoms with Gasteiger partial charge in [-0.1, -0.05) is 30.3 Å². The van der Waals surface area contributed by atoms with Gasteiger partial charge in [-0.2, -0.15) is 0 Å². The van der Waals surface area contributed by atoms with Gasteiger partial charge in [-0.15, -0.1) is 0 Å². The lowest BCUT2D eigenvalue weighted by Gasteiger charge is -2.30. The molecule has 2 aromatic rings. The minimum absolute atomic E-state index is 0.154. The van der Waals surface area contributed by atoms with E-state index in [2.05, 4.69) is 15.3 Å². The van der Waals surface area contributed by atoms with Gasteiger partial charge in [0.1, 0.15) is 5.82 Å². The van der Waals surface area contributed by atoms with Crippen LogP contribution in [-0.2, 0) is 17.8 Å². The van der Waals surface area contributed by atoms with Crippen LogP contribution in [0.2, 0.25) is 0 Å². The highest BCUT2D eigenvalue weighted by Gasteiger charge is 2.44. The molecule has 4 rings (SSSR count). The largest absolute Gasteiger partial charge is 0.335 e. The maximum atomic E-state index is 13.4. The van der Waals surface area contributed by atoms with Gasteiger partial charge >= 0.3 is 0 Å². The molecule has 1 aromatic carbocycles. The zero-order valence-electron chi connectivity index (χ0n) is 14.0. The van der Waals surface area contributed by atoms with Crippen molar-refractivity contribution in [2.24, 2.45) is 0 Å². The van der Waals surface area contributed by atoms with Gasteiger partial charge in [-0.05, 0) is 6.42 Å². The molecular weight excluding hydrogens is 342 g/mol. The normalized spacial score (nSPS) is 21.5. The van der Waals surface area contributed by atoms with Gasteiger partial charge in [-0.25, -0.2) is 13.8 Å². The van der Waals surface area contributed by atoms with Gasteiger partial charge < -0.3 is 9.88 Å². The molecule has 1 aromatic heterocycles. The van der Waals surface area contributed by atoms with Gasteiger partial charge in [0.2, 0.25) is 5.91 Å². The predicted molar refractivity (Wildman–Crippen MR) is 90.8 cm³/mol. The molecule has 1 atom stereocenters. The lowest BCUT2D eigenvalue weighted by Crippen LogP contribution is -2.46. The van der Waals surface area contributed by atoms with Gasteiger partial charge in [0.15, 0.2) is 0 Å². The highest BCUT2D eigenvalue weighted by molar-refractivity contribution is 5.82. The highest BCUT2D eigenvalue weighted by Crippen LogP contribution is 2.27. The first kappa shape index (κ1) is 16.8. The van der Waals surface area contributed by atoms with Crippen molar-refractivity contribution in [2.45, 2.75) is 31.4 Å². The number of carbonyl (C=O) groups excluding carboxylic acids is 1. The molecular formula is C18H18F2N4O2. The van der Waals surface area contributed by atoms with Crippen molar-refractivity contribution < 1.29 is 13.6 Å². The van der Waals surface area contributed by atoms with Crippen molar-refractivity contribution in [3.8, 4) is 11.4 Å². The third-order valence-corrected chi connectivity index (χ3v) is 4.84. The van der Waals surface area contributed by atoms with Crippen LogP contribution in [0.5, 0.6) is 0 Å². The molecule has 0 spiro atoms. The highest BCUT2D eigenvalue weighted by atomic mass is 19.3. The number of hydrogen-bond donors (Lipinski definition) is 2. The van der Waals surface area contributed by atoms with Crippen LogP contribution in [0.3, 0.4) is 0 Å². The summed E-state index contributed by atoms with van der Waals surface area (Å²) >= 11 is 0. The van der Waals surface area contributed by atoms with Crippen molar-refractivity contribution in [3.63, 3.8) is 0 Å². The number of carbonyl (C=O) groups is 1. The second kappa shape index (κ2) is 6.28. The topological polar surface area (TPSA) is 78.1 Å². The minimum atomic E-state index is -2.86. The van der Waals surface area contributed by atoms with Gasteiger partial charge in [-0.3, -0.25) is 14.9 Å². The molecule has 3 heterocycles. The number of amides is 1. The summed E-state index contributed by atoms with van der Waals surface area (Å²) in [7, 11) is 0. The summed E-state index contributed by atoms with van der Waals surface area (Å²) in [6.07, 6.45) is -0.130. The van der Waals surface area contributed by atoms with Crippen LogP contribution in [0.15, 0.2) is 35.1 Å². The molecule has 0 bridgehead atoms. The number of fused-ring (bicyclic) bond motifs is 1. The second-order valence-electron chi connectivity index (χ2n) is 6.71. The Kier molecular flexibility index (Phi) is 4.07. The first-order valence-corrected chi connectivity index (χ1v) is 8.50. The van der Waals surface area contributed by atoms with E-state index in [0.717, 1.165) is 5.56 Å². The van der Waals surface area contributed by atoms with E-state index in [-0.39, 0.29) is 18.0 Å². The second-order valence-corrected chi connectivity index (χ2v) is 6.71. The third-order valence-electron chi connectivity index (χ3n) is 4.84. The van der Waals surface area contributed by atoms with E-state index < -0.39 is 24.9 Å². The van der Waals surface area contributed by atoms with Gasteiger partial charge in [0.25, 0.3) is 11.5 Å². The molecule has 2 aliphatic heterocycles. The standard InChI is InChI=1S/C18H18F2N4O2/c19-18(20)8-13(21-10-18)17(26)24-7-6-12-14(9-24)22-15(23-16(12)25)11-4-2-1-3-5-11/h1-5,13,21H,6-10H2,(H,22,23,25)/t13-/m0/s1. The summed E-state index contributed by atoms with van der Waals surface area (Å²) in [5.74, 6) is -2.78. The van der Waals surface area contributed by atoms with E-state index >= 15 is 0 Å². The predicted octanol–water partition coefficient (Wildman–Crippen LogP) is 1.32. The number of nitrogens with one attached hydrogen (secondary N) is 2. The van der Waals surface area contributed by atoms with Crippen molar-refractivity contribution in [1.82, 2.24) is 20.2 Å². The van der Waals surface area contributed by atoms with Crippen molar-refractivity contribution in [3.05, 3.63) is 51.9 Å². The first-order chi connectivity index (χ1) is 12.4. The van der Waals surface area contributed by atoms with Crippen molar-refractivity contribution >= 4 is 5.91 Å². The number of aromatic amines is 1. The summed E-state index contributed by atoms with van der Waals surface area (Å²) < 4.78 is 26.7. The molecule has 2 N–H and O–H groups in total. The Labute approximate surface area is 148 Å². The van der Waals surface area contributed by atoms with Crippen LogP contribution in [0.4, 0.5) is 8.78 Å². The maximum absolute atomic E-state index is 13.4. The van der Waals surface area contributed by atoms with Crippen LogP contribution in [-0.4, -0.2) is 45.8 Å². The van der Waals surface area contributed by atoms with Crippen molar-refractivity contribution in [1.29, 1.82) is 0 Å². The minimum Gasteiger partial charge on any atom is -0.335 e. The fourth-order valence-electron chi connectivity index (χ4n) is 3.47. The lowest BCUT2D eigenvalue weighted by atomic mass is 10.0. The number of aromatic nitrogens is 2. The number of hydrogen-bond acceptors (Lipinski definition) is 4. The van der Waals surface area contributed by atoms with E-state index in [9.17, 15) is 18.4 Å².